The SMILES string of the molecule is O=C(COc1ccc2ccccc2c1)N1CCC(OCC2CC2)C1. The van der Waals surface area contributed by atoms with E-state index in [0.717, 1.165) is 36.6 Å². The van der Waals surface area contributed by atoms with E-state index in [1.54, 1.807) is 0 Å². The van der Waals surface area contributed by atoms with Crippen molar-refractivity contribution in [1.29, 1.82) is 0 Å². The fraction of sp³-hybridized carbons (Fsp3) is 0.450. The summed E-state index contributed by atoms with van der Waals surface area (Å²) in [6.07, 6.45) is 3.74. The van der Waals surface area contributed by atoms with Crippen molar-refractivity contribution in [1.82, 2.24) is 4.90 Å². The number of rotatable bonds is 6. The lowest BCUT2D eigenvalue weighted by molar-refractivity contribution is -0.132. The number of hydrogen-bond donors (Lipinski definition) is 0. The van der Waals surface area contributed by atoms with Crippen molar-refractivity contribution < 1.29 is 14.3 Å². The van der Waals surface area contributed by atoms with Crippen LogP contribution >= 0.6 is 0 Å². The molecule has 0 N–H and O–H groups in total. The molecule has 0 spiro atoms. The van der Waals surface area contributed by atoms with Crippen molar-refractivity contribution in [3.8, 4) is 5.75 Å². The summed E-state index contributed by atoms with van der Waals surface area (Å²) < 4.78 is 11.6. The minimum absolute atomic E-state index is 0.0423. The smallest absolute Gasteiger partial charge is 0.260 e. The molecular weight excluding hydrogens is 302 g/mol. The van der Waals surface area contributed by atoms with Crippen molar-refractivity contribution in [2.45, 2.75) is 25.4 Å². The number of carbonyl (C=O) groups is 1. The standard InChI is InChI=1S/C20H23NO3/c22-20(21-10-9-19(12-21)23-13-15-5-6-15)14-24-18-8-7-16-3-1-2-4-17(16)11-18/h1-4,7-8,11,15,19H,5-6,9-10,12-14H2. The average molecular weight is 325 g/mol. The van der Waals surface area contributed by atoms with E-state index in [2.05, 4.69) is 6.07 Å². The van der Waals surface area contributed by atoms with Crippen LogP contribution in [0.25, 0.3) is 10.8 Å². The third-order valence-electron chi connectivity index (χ3n) is 4.85. The van der Waals surface area contributed by atoms with Gasteiger partial charge in [-0.25, -0.2) is 0 Å². The first-order valence-corrected chi connectivity index (χ1v) is 8.79. The van der Waals surface area contributed by atoms with Gasteiger partial charge in [0.2, 0.25) is 0 Å². The molecule has 1 saturated carbocycles. The van der Waals surface area contributed by atoms with Gasteiger partial charge in [-0.2, -0.15) is 0 Å². The van der Waals surface area contributed by atoms with E-state index in [0.29, 0.717) is 6.54 Å². The molecule has 1 saturated heterocycles. The van der Waals surface area contributed by atoms with E-state index in [1.165, 1.54) is 18.2 Å². The molecule has 0 radical (unpaired) electrons. The van der Waals surface area contributed by atoms with E-state index >= 15 is 0 Å². The molecule has 2 aromatic carbocycles. The normalized spacial score (nSPS) is 20.5. The number of fused-ring (bicyclic) bond motifs is 1. The van der Waals surface area contributed by atoms with E-state index < -0.39 is 0 Å². The number of nitrogens with zero attached hydrogens (tertiary/aromatic N) is 1. The fourth-order valence-electron chi connectivity index (χ4n) is 3.14. The van der Waals surface area contributed by atoms with Crippen LogP contribution in [0, 0.1) is 5.92 Å². The predicted molar refractivity (Wildman–Crippen MR) is 93.1 cm³/mol. The Morgan fingerprint density at radius 2 is 1.92 bits per heavy atom. The third kappa shape index (κ3) is 3.70. The van der Waals surface area contributed by atoms with E-state index in [1.807, 2.05) is 41.3 Å². The van der Waals surface area contributed by atoms with Crippen LogP contribution in [0.2, 0.25) is 0 Å². The lowest BCUT2D eigenvalue weighted by atomic mass is 10.1. The Balaban J connectivity index is 1.27. The van der Waals surface area contributed by atoms with Gasteiger partial charge in [-0.15, -0.1) is 0 Å². The van der Waals surface area contributed by atoms with Crippen LogP contribution in [-0.4, -0.2) is 43.2 Å². The second-order valence-corrected chi connectivity index (χ2v) is 6.82. The highest BCUT2D eigenvalue weighted by Crippen LogP contribution is 2.30. The van der Waals surface area contributed by atoms with Gasteiger partial charge in [0, 0.05) is 19.7 Å². The number of hydrogen-bond acceptors (Lipinski definition) is 3. The lowest BCUT2D eigenvalue weighted by Crippen LogP contribution is -2.34. The Bertz CT molecular complexity index is 726. The molecule has 1 heterocycles. The Kier molecular flexibility index (Phi) is 4.39. The monoisotopic (exact) mass is 325 g/mol. The van der Waals surface area contributed by atoms with Gasteiger partial charge in [0.25, 0.3) is 5.91 Å². The molecule has 1 amide bonds. The molecule has 0 aromatic heterocycles. The number of carbonyl (C=O) groups excluding carboxylic acids is 1. The van der Waals surface area contributed by atoms with Crippen molar-refractivity contribution in [2.24, 2.45) is 5.92 Å². The van der Waals surface area contributed by atoms with Crippen LogP contribution in [0.4, 0.5) is 0 Å². The van der Waals surface area contributed by atoms with Crippen LogP contribution in [0.1, 0.15) is 19.3 Å². The predicted octanol–water partition coefficient (Wildman–Crippen LogP) is 3.25. The maximum Gasteiger partial charge on any atom is 0.260 e. The first-order valence-electron chi connectivity index (χ1n) is 8.79. The molecule has 1 aliphatic heterocycles. The van der Waals surface area contributed by atoms with Gasteiger partial charge < -0.3 is 14.4 Å². The van der Waals surface area contributed by atoms with E-state index in [9.17, 15) is 4.79 Å². The highest BCUT2D eigenvalue weighted by Gasteiger charge is 2.29. The zero-order chi connectivity index (χ0) is 16.4. The van der Waals surface area contributed by atoms with Gasteiger partial charge in [0.15, 0.2) is 6.61 Å². The Morgan fingerprint density at radius 1 is 1.08 bits per heavy atom. The number of benzene rings is 2. The first-order chi connectivity index (χ1) is 11.8. The molecule has 1 atom stereocenters. The highest BCUT2D eigenvalue weighted by atomic mass is 16.5. The van der Waals surface area contributed by atoms with Crippen LogP contribution in [0.5, 0.6) is 5.75 Å². The summed E-state index contributed by atoms with van der Waals surface area (Å²) in [4.78, 5) is 14.2. The molecule has 1 aliphatic carbocycles. The molecule has 24 heavy (non-hydrogen) atoms. The first kappa shape index (κ1) is 15.5. The molecule has 2 fully saturated rings. The van der Waals surface area contributed by atoms with Crippen molar-refractivity contribution in [2.75, 3.05) is 26.3 Å². The molecule has 2 aromatic rings. The molecule has 0 bridgehead atoms. The van der Waals surface area contributed by atoms with Gasteiger partial charge >= 0.3 is 0 Å². The zero-order valence-corrected chi connectivity index (χ0v) is 13.8. The number of ether oxygens (including phenoxy) is 2. The molecular formula is C20H23NO3. The maximum absolute atomic E-state index is 12.3. The topological polar surface area (TPSA) is 38.8 Å². The van der Waals surface area contributed by atoms with E-state index in [4.69, 9.17) is 9.47 Å². The largest absolute Gasteiger partial charge is 0.484 e. The molecule has 4 rings (SSSR count). The molecule has 2 aliphatic rings. The van der Waals surface area contributed by atoms with Gasteiger partial charge in [-0.05, 0) is 48.1 Å². The number of amides is 1. The van der Waals surface area contributed by atoms with Crippen molar-refractivity contribution in [3.63, 3.8) is 0 Å². The maximum atomic E-state index is 12.3. The fourth-order valence-corrected chi connectivity index (χ4v) is 3.14. The summed E-state index contributed by atoms with van der Waals surface area (Å²) in [5, 5.41) is 2.29. The highest BCUT2D eigenvalue weighted by molar-refractivity contribution is 5.84. The van der Waals surface area contributed by atoms with Crippen LogP contribution in [0.15, 0.2) is 42.5 Å². The second kappa shape index (κ2) is 6.81. The Labute approximate surface area is 142 Å². The van der Waals surface area contributed by atoms with Crippen molar-refractivity contribution in [3.05, 3.63) is 42.5 Å². The summed E-state index contributed by atoms with van der Waals surface area (Å²) in [6.45, 7) is 2.43. The van der Waals surface area contributed by atoms with Gasteiger partial charge in [-0.3, -0.25) is 4.79 Å². The van der Waals surface area contributed by atoms with Crippen molar-refractivity contribution >= 4 is 16.7 Å². The summed E-state index contributed by atoms with van der Waals surface area (Å²) >= 11 is 0. The van der Waals surface area contributed by atoms with Crippen LogP contribution in [0.3, 0.4) is 0 Å². The Morgan fingerprint density at radius 3 is 2.75 bits per heavy atom. The van der Waals surface area contributed by atoms with Gasteiger partial charge in [0.05, 0.1) is 6.10 Å². The quantitative estimate of drug-likeness (QED) is 0.818. The molecule has 1 unspecified atom stereocenters. The molecule has 4 heteroatoms. The van der Waals surface area contributed by atoms with E-state index in [-0.39, 0.29) is 18.6 Å². The molecule has 126 valence electrons. The zero-order valence-electron chi connectivity index (χ0n) is 13.8. The Hall–Kier alpha value is -2.07. The van der Waals surface area contributed by atoms with Gasteiger partial charge in [-0.1, -0.05) is 30.3 Å². The summed E-state index contributed by atoms with van der Waals surface area (Å²) in [7, 11) is 0. The minimum Gasteiger partial charge on any atom is -0.484 e. The summed E-state index contributed by atoms with van der Waals surface area (Å²) in [5.41, 5.74) is 0. The summed E-state index contributed by atoms with van der Waals surface area (Å²) in [6, 6.07) is 14.1. The van der Waals surface area contributed by atoms with Crippen LogP contribution in [-0.2, 0) is 9.53 Å². The average Bonchev–Trinajstić information content (AvgIpc) is 3.33. The summed E-state index contributed by atoms with van der Waals surface area (Å²) in [5.74, 6) is 1.55. The van der Waals surface area contributed by atoms with Crippen LogP contribution < -0.4 is 4.74 Å². The number of likely N-dealkylation sites (tertiary alicyclic amines) is 1. The molecule has 4 nitrogen and oxygen atoms in total. The lowest BCUT2D eigenvalue weighted by Gasteiger charge is -2.17. The third-order valence-corrected chi connectivity index (χ3v) is 4.85. The minimum atomic E-state index is 0.0423. The van der Waals surface area contributed by atoms with Gasteiger partial charge in [0.1, 0.15) is 5.75 Å². The second-order valence-electron chi connectivity index (χ2n) is 6.82.